The van der Waals surface area contributed by atoms with Gasteiger partial charge in [0.25, 0.3) is 17.7 Å². The lowest BCUT2D eigenvalue weighted by atomic mass is 10.1. The molecule has 0 aliphatic carbocycles. The molecule has 0 radical (unpaired) electrons. The molecule has 0 spiro atoms. The van der Waals surface area contributed by atoms with Crippen molar-refractivity contribution in [3.8, 4) is 0 Å². The number of nitrogens with zero attached hydrogens (tertiary/aromatic N) is 1. The quantitative estimate of drug-likeness (QED) is 0.648. The third kappa shape index (κ3) is 3.10. The van der Waals surface area contributed by atoms with Gasteiger partial charge in [-0.05, 0) is 48.9 Å². The third-order valence-corrected chi connectivity index (χ3v) is 5.06. The molecule has 1 aromatic heterocycles. The van der Waals surface area contributed by atoms with Crippen molar-refractivity contribution in [3.05, 3.63) is 57.3 Å². The second-order valence-corrected chi connectivity index (χ2v) is 6.62. The number of carbonyl (C=O) groups is 3. The second-order valence-electron chi connectivity index (χ2n) is 5.70. The van der Waals surface area contributed by atoms with E-state index >= 15 is 0 Å². The Hall–Kier alpha value is -2.47. The fraction of sp³-hybridized carbons (Fsp3) is 0.278. The first-order chi connectivity index (χ1) is 11.6. The van der Waals surface area contributed by atoms with E-state index in [-0.39, 0.29) is 17.7 Å². The highest BCUT2D eigenvalue weighted by Crippen LogP contribution is 2.22. The van der Waals surface area contributed by atoms with Gasteiger partial charge in [0.1, 0.15) is 0 Å². The molecule has 0 saturated carbocycles. The number of hydrogen-bond acceptors (Lipinski definition) is 4. The summed E-state index contributed by atoms with van der Waals surface area (Å²) in [6.45, 7) is 2.81. The molecular formula is C18H18N2O3S. The summed E-state index contributed by atoms with van der Waals surface area (Å²) in [6.07, 6.45) is 1.37. The summed E-state index contributed by atoms with van der Waals surface area (Å²) >= 11 is 1.43. The maximum Gasteiger partial charge on any atom is 0.261 e. The Balaban J connectivity index is 1.45. The SMILES string of the molecule is Cc1ccsc1C(=O)NCCCCN1C(=O)c2ccccc2C1=O. The van der Waals surface area contributed by atoms with Gasteiger partial charge in [-0.25, -0.2) is 0 Å². The molecular weight excluding hydrogens is 324 g/mol. The summed E-state index contributed by atoms with van der Waals surface area (Å²) in [6, 6.07) is 8.80. The molecule has 2 heterocycles. The number of unbranched alkanes of at least 4 members (excludes halogenated alkanes) is 1. The molecule has 0 unspecified atom stereocenters. The summed E-state index contributed by atoms with van der Waals surface area (Å²) < 4.78 is 0. The first-order valence-corrected chi connectivity index (χ1v) is 8.75. The number of benzene rings is 1. The number of nitrogens with one attached hydrogen (secondary N) is 1. The summed E-state index contributed by atoms with van der Waals surface area (Å²) in [7, 11) is 0. The molecule has 0 atom stereocenters. The van der Waals surface area contributed by atoms with Crippen molar-refractivity contribution < 1.29 is 14.4 Å². The van der Waals surface area contributed by atoms with Gasteiger partial charge in [-0.3, -0.25) is 19.3 Å². The number of hydrogen-bond donors (Lipinski definition) is 1. The number of thiophene rings is 1. The number of carbonyl (C=O) groups excluding carboxylic acids is 3. The van der Waals surface area contributed by atoms with Crippen LogP contribution in [0.15, 0.2) is 35.7 Å². The van der Waals surface area contributed by atoms with E-state index in [9.17, 15) is 14.4 Å². The largest absolute Gasteiger partial charge is 0.351 e. The molecule has 3 amide bonds. The highest BCUT2D eigenvalue weighted by molar-refractivity contribution is 7.12. The van der Waals surface area contributed by atoms with Crippen LogP contribution in [0.25, 0.3) is 0 Å². The van der Waals surface area contributed by atoms with Crippen LogP contribution in [0, 0.1) is 6.92 Å². The molecule has 0 bridgehead atoms. The van der Waals surface area contributed by atoms with Crippen molar-refractivity contribution in [1.29, 1.82) is 0 Å². The minimum Gasteiger partial charge on any atom is -0.351 e. The van der Waals surface area contributed by atoms with Crippen LogP contribution in [-0.4, -0.2) is 35.7 Å². The van der Waals surface area contributed by atoms with Gasteiger partial charge in [-0.2, -0.15) is 0 Å². The summed E-state index contributed by atoms with van der Waals surface area (Å²) in [4.78, 5) is 38.4. The van der Waals surface area contributed by atoms with Crippen molar-refractivity contribution in [2.24, 2.45) is 0 Å². The van der Waals surface area contributed by atoms with E-state index in [2.05, 4.69) is 5.32 Å². The molecule has 0 saturated heterocycles. The van der Waals surface area contributed by atoms with Crippen molar-refractivity contribution in [2.75, 3.05) is 13.1 Å². The second kappa shape index (κ2) is 6.97. The minimum absolute atomic E-state index is 0.0665. The van der Waals surface area contributed by atoms with Gasteiger partial charge in [0, 0.05) is 13.1 Å². The monoisotopic (exact) mass is 342 g/mol. The van der Waals surface area contributed by atoms with Crippen LogP contribution < -0.4 is 5.32 Å². The molecule has 6 heteroatoms. The van der Waals surface area contributed by atoms with E-state index in [4.69, 9.17) is 0 Å². The minimum atomic E-state index is -0.228. The number of amides is 3. The van der Waals surface area contributed by atoms with Gasteiger partial charge in [0.15, 0.2) is 0 Å². The maximum absolute atomic E-state index is 12.2. The Labute approximate surface area is 144 Å². The highest BCUT2D eigenvalue weighted by Gasteiger charge is 2.34. The molecule has 1 aliphatic rings. The maximum atomic E-state index is 12.2. The van der Waals surface area contributed by atoms with Crippen LogP contribution in [0.4, 0.5) is 0 Å². The number of fused-ring (bicyclic) bond motifs is 1. The first kappa shape index (κ1) is 16.4. The van der Waals surface area contributed by atoms with Crippen LogP contribution >= 0.6 is 11.3 Å². The predicted molar refractivity (Wildman–Crippen MR) is 92.4 cm³/mol. The van der Waals surface area contributed by atoms with Crippen LogP contribution in [0.1, 0.15) is 48.8 Å². The van der Waals surface area contributed by atoms with Gasteiger partial charge in [0.05, 0.1) is 16.0 Å². The van der Waals surface area contributed by atoms with Crippen LogP contribution in [0.2, 0.25) is 0 Å². The van der Waals surface area contributed by atoms with Gasteiger partial charge in [-0.15, -0.1) is 11.3 Å². The van der Waals surface area contributed by atoms with E-state index < -0.39 is 0 Å². The third-order valence-electron chi connectivity index (χ3n) is 4.04. The molecule has 2 aromatic rings. The van der Waals surface area contributed by atoms with E-state index in [1.165, 1.54) is 16.2 Å². The molecule has 1 aliphatic heterocycles. The number of rotatable bonds is 6. The Kier molecular flexibility index (Phi) is 4.76. The molecule has 1 N–H and O–H groups in total. The van der Waals surface area contributed by atoms with Crippen molar-refractivity contribution in [3.63, 3.8) is 0 Å². The summed E-state index contributed by atoms with van der Waals surface area (Å²) in [5.74, 6) is -0.522. The van der Waals surface area contributed by atoms with Gasteiger partial charge < -0.3 is 5.32 Å². The van der Waals surface area contributed by atoms with Crippen molar-refractivity contribution in [2.45, 2.75) is 19.8 Å². The Morgan fingerprint density at radius 1 is 1.08 bits per heavy atom. The summed E-state index contributed by atoms with van der Waals surface area (Å²) in [5, 5.41) is 4.77. The fourth-order valence-electron chi connectivity index (χ4n) is 2.72. The van der Waals surface area contributed by atoms with Crippen LogP contribution in [0.5, 0.6) is 0 Å². The molecule has 124 valence electrons. The standard InChI is InChI=1S/C18H18N2O3S/c1-12-8-11-24-15(12)16(21)19-9-4-5-10-20-17(22)13-6-2-3-7-14(13)18(20)23/h2-3,6-8,11H,4-5,9-10H2,1H3,(H,19,21). The Morgan fingerprint density at radius 2 is 1.75 bits per heavy atom. The lowest BCUT2D eigenvalue weighted by Crippen LogP contribution is -2.31. The topological polar surface area (TPSA) is 66.5 Å². The average Bonchev–Trinajstić information content (AvgIpc) is 3.11. The van der Waals surface area contributed by atoms with E-state index in [1.807, 2.05) is 18.4 Å². The van der Waals surface area contributed by atoms with E-state index in [0.717, 1.165) is 10.4 Å². The number of aryl methyl sites for hydroxylation is 1. The zero-order valence-electron chi connectivity index (χ0n) is 13.4. The smallest absolute Gasteiger partial charge is 0.261 e. The molecule has 0 fully saturated rings. The van der Waals surface area contributed by atoms with Crippen LogP contribution in [0.3, 0.4) is 0 Å². The van der Waals surface area contributed by atoms with Gasteiger partial charge in [0.2, 0.25) is 0 Å². The number of imide groups is 1. The van der Waals surface area contributed by atoms with Gasteiger partial charge >= 0.3 is 0 Å². The Morgan fingerprint density at radius 3 is 2.33 bits per heavy atom. The van der Waals surface area contributed by atoms with Gasteiger partial charge in [-0.1, -0.05) is 12.1 Å². The normalized spacial score (nSPS) is 13.3. The first-order valence-electron chi connectivity index (χ1n) is 7.87. The summed E-state index contributed by atoms with van der Waals surface area (Å²) in [5.41, 5.74) is 1.93. The molecule has 5 nitrogen and oxygen atoms in total. The van der Waals surface area contributed by atoms with Crippen LogP contribution in [-0.2, 0) is 0 Å². The Bertz CT molecular complexity index is 762. The average molecular weight is 342 g/mol. The zero-order valence-corrected chi connectivity index (χ0v) is 14.2. The van der Waals surface area contributed by atoms with E-state index in [1.54, 1.807) is 24.3 Å². The lowest BCUT2D eigenvalue weighted by molar-refractivity contribution is 0.0650. The highest BCUT2D eigenvalue weighted by atomic mass is 32.1. The molecule has 24 heavy (non-hydrogen) atoms. The molecule has 1 aromatic carbocycles. The van der Waals surface area contributed by atoms with E-state index in [0.29, 0.717) is 37.1 Å². The lowest BCUT2D eigenvalue weighted by Gasteiger charge is -2.13. The van der Waals surface area contributed by atoms with Crippen molar-refractivity contribution in [1.82, 2.24) is 10.2 Å². The molecule has 3 rings (SSSR count). The fourth-order valence-corrected chi connectivity index (χ4v) is 3.57. The zero-order chi connectivity index (χ0) is 17.1. The van der Waals surface area contributed by atoms with Crippen molar-refractivity contribution >= 4 is 29.1 Å². The predicted octanol–water partition coefficient (Wildman–Crippen LogP) is 2.86.